The van der Waals surface area contributed by atoms with Crippen molar-refractivity contribution in [1.82, 2.24) is 15.1 Å². The summed E-state index contributed by atoms with van der Waals surface area (Å²) in [7, 11) is 0. The Balaban J connectivity index is 0.00000240. The minimum absolute atomic E-state index is 0. The van der Waals surface area contributed by atoms with E-state index in [1.54, 1.807) is 6.07 Å². The smallest absolute Gasteiger partial charge is 0.349 e. The minimum atomic E-state index is -4.43. The average Bonchev–Trinajstić information content (AvgIpc) is 3.24. The largest absolute Gasteiger partial charge is 0.416 e. The Hall–Kier alpha value is -2.06. The molecule has 2 atom stereocenters. The summed E-state index contributed by atoms with van der Waals surface area (Å²) >= 11 is 0. The molecule has 0 aliphatic heterocycles. The second kappa shape index (κ2) is 8.36. The summed E-state index contributed by atoms with van der Waals surface area (Å²) in [5.41, 5.74) is 6.52. The molecule has 4 rings (SSSR count). The Labute approximate surface area is 173 Å². The van der Waals surface area contributed by atoms with Crippen LogP contribution in [0.1, 0.15) is 59.6 Å². The van der Waals surface area contributed by atoms with Crippen molar-refractivity contribution in [2.24, 2.45) is 11.7 Å². The van der Waals surface area contributed by atoms with Gasteiger partial charge in [0.1, 0.15) is 0 Å². The van der Waals surface area contributed by atoms with E-state index in [9.17, 15) is 18.0 Å². The molecule has 0 bridgehead atoms. The summed E-state index contributed by atoms with van der Waals surface area (Å²) in [5, 5.41) is 7.34. The van der Waals surface area contributed by atoms with E-state index in [1.807, 2.05) is 0 Å². The first kappa shape index (κ1) is 21.6. The van der Waals surface area contributed by atoms with Crippen LogP contribution in [0.25, 0.3) is 5.69 Å². The van der Waals surface area contributed by atoms with Gasteiger partial charge in [0.05, 0.1) is 28.7 Å². The number of hydrogen-bond donors (Lipinski definition) is 2. The van der Waals surface area contributed by atoms with Crippen LogP contribution in [0.5, 0.6) is 0 Å². The molecule has 0 saturated heterocycles. The first-order valence-electron chi connectivity index (χ1n) is 9.65. The number of amides is 1. The number of nitrogens with two attached hydrogens (primary N) is 1. The highest BCUT2D eigenvalue weighted by Gasteiger charge is 2.36. The van der Waals surface area contributed by atoms with Gasteiger partial charge in [0.25, 0.3) is 5.91 Å². The average molecular weight is 429 g/mol. The number of nitrogens with zero attached hydrogens (tertiary/aromatic N) is 2. The first-order chi connectivity index (χ1) is 13.4. The fourth-order valence-corrected chi connectivity index (χ4v) is 4.06. The van der Waals surface area contributed by atoms with E-state index >= 15 is 0 Å². The molecule has 2 aromatic rings. The molecule has 2 saturated carbocycles. The Morgan fingerprint density at radius 2 is 2.00 bits per heavy atom. The van der Waals surface area contributed by atoms with Gasteiger partial charge in [-0.1, -0.05) is 12.5 Å². The zero-order chi connectivity index (χ0) is 19.9. The highest BCUT2D eigenvalue weighted by Crippen LogP contribution is 2.43. The number of rotatable bonds is 5. The summed E-state index contributed by atoms with van der Waals surface area (Å²) < 4.78 is 40.7. The molecule has 158 valence electrons. The van der Waals surface area contributed by atoms with Gasteiger partial charge in [0.15, 0.2) is 0 Å². The fourth-order valence-electron chi connectivity index (χ4n) is 4.06. The zero-order valence-corrected chi connectivity index (χ0v) is 16.6. The van der Waals surface area contributed by atoms with Crippen molar-refractivity contribution < 1.29 is 18.0 Å². The number of nitrogens with one attached hydrogen (secondary N) is 1. The fraction of sp³-hybridized carbons (Fsp3) is 0.500. The van der Waals surface area contributed by atoms with Crippen LogP contribution in [0.2, 0.25) is 0 Å². The van der Waals surface area contributed by atoms with Crippen molar-refractivity contribution in [2.45, 2.75) is 50.2 Å². The molecule has 5 nitrogen and oxygen atoms in total. The Morgan fingerprint density at radius 1 is 1.24 bits per heavy atom. The molecule has 1 heterocycles. The van der Waals surface area contributed by atoms with E-state index < -0.39 is 11.7 Å². The molecule has 2 aliphatic carbocycles. The maximum atomic E-state index is 13.1. The third-order valence-electron chi connectivity index (χ3n) is 5.71. The van der Waals surface area contributed by atoms with Crippen molar-refractivity contribution >= 4 is 18.3 Å². The van der Waals surface area contributed by atoms with Gasteiger partial charge >= 0.3 is 6.18 Å². The summed E-state index contributed by atoms with van der Waals surface area (Å²) in [4.78, 5) is 12.9. The van der Waals surface area contributed by atoms with Gasteiger partial charge in [-0.05, 0) is 56.3 Å². The lowest BCUT2D eigenvalue weighted by atomic mass is 10.0. The normalized spacial score (nSPS) is 21.7. The van der Waals surface area contributed by atoms with Crippen LogP contribution < -0.4 is 11.1 Å². The first-order valence-corrected chi connectivity index (χ1v) is 9.65. The number of halogens is 4. The van der Waals surface area contributed by atoms with Gasteiger partial charge in [-0.25, -0.2) is 4.68 Å². The minimum Gasteiger partial charge on any atom is -0.349 e. The van der Waals surface area contributed by atoms with E-state index in [-0.39, 0.29) is 36.2 Å². The van der Waals surface area contributed by atoms with Gasteiger partial charge in [-0.15, -0.1) is 12.4 Å². The molecule has 29 heavy (non-hydrogen) atoms. The zero-order valence-electron chi connectivity index (χ0n) is 15.8. The van der Waals surface area contributed by atoms with E-state index in [2.05, 4.69) is 10.4 Å². The van der Waals surface area contributed by atoms with Crippen LogP contribution >= 0.6 is 12.4 Å². The Morgan fingerprint density at radius 3 is 2.66 bits per heavy atom. The van der Waals surface area contributed by atoms with Gasteiger partial charge < -0.3 is 11.1 Å². The molecule has 3 N–H and O–H groups in total. The number of alkyl halides is 3. The molecule has 2 unspecified atom stereocenters. The van der Waals surface area contributed by atoms with E-state index in [0.29, 0.717) is 23.5 Å². The number of aromatic nitrogens is 2. The van der Waals surface area contributed by atoms with Crippen LogP contribution in [-0.2, 0) is 6.18 Å². The SMILES string of the molecule is Cl.NCC1CCCC1NC(=O)c1cnn(-c2cccc(C(F)(F)F)c2)c1C1CC1. The molecule has 0 spiro atoms. The van der Waals surface area contributed by atoms with Gasteiger partial charge in [-0.2, -0.15) is 18.3 Å². The topological polar surface area (TPSA) is 72.9 Å². The molecule has 1 aromatic carbocycles. The number of carbonyl (C=O) groups is 1. The molecule has 1 amide bonds. The second-order valence-electron chi connectivity index (χ2n) is 7.68. The van der Waals surface area contributed by atoms with Gasteiger partial charge in [-0.3, -0.25) is 4.79 Å². The van der Waals surface area contributed by atoms with Crippen molar-refractivity contribution in [3.8, 4) is 5.69 Å². The van der Waals surface area contributed by atoms with E-state index in [1.165, 1.54) is 16.9 Å². The van der Waals surface area contributed by atoms with Crippen molar-refractivity contribution in [3.05, 3.63) is 47.3 Å². The molecule has 1 aromatic heterocycles. The van der Waals surface area contributed by atoms with Crippen LogP contribution in [0.4, 0.5) is 13.2 Å². The molecule has 9 heteroatoms. The van der Waals surface area contributed by atoms with Crippen LogP contribution in [0.3, 0.4) is 0 Å². The lowest BCUT2D eigenvalue weighted by Gasteiger charge is -2.19. The maximum absolute atomic E-state index is 13.1. The van der Waals surface area contributed by atoms with Crippen LogP contribution in [0, 0.1) is 5.92 Å². The molecule has 2 fully saturated rings. The van der Waals surface area contributed by atoms with Gasteiger partial charge in [0.2, 0.25) is 0 Å². The third kappa shape index (κ3) is 4.43. The third-order valence-corrected chi connectivity index (χ3v) is 5.71. The molecular weight excluding hydrogens is 405 g/mol. The van der Waals surface area contributed by atoms with Crippen LogP contribution in [0.15, 0.2) is 30.5 Å². The predicted molar refractivity (Wildman–Crippen MR) is 105 cm³/mol. The van der Waals surface area contributed by atoms with Crippen molar-refractivity contribution in [3.63, 3.8) is 0 Å². The van der Waals surface area contributed by atoms with Crippen molar-refractivity contribution in [2.75, 3.05) is 6.54 Å². The molecule has 0 radical (unpaired) electrons. The Bertz CT molecular complexity index is 879. The molecular formula is C20H24ClF3N4O. The van der Waals surface area contributed by atoms with Gasteiger partial charge in [0, 0.05) is 12.0 Å². The quantitative estimate of drug-likeness (QED) is 0.754. The monoisotopic (exact) mass is 428 g/mol. The highest BCUT2D eigenvalue weighted by molar-refractivity contribution is 5.95. The van der Waals surface area contributed by atoms with E-state index in [4.69, 9.17) is 5.73 Å². The Kier molecular flexibility index (Phi) is 6.24. The highest BCUT2D eigenvalue weighted by atomic mass is 35.5. The lowest BCUT2D eigenvalue weighted by Crippen LogP contribution is -2.40. The predicted octanol–water partition coefficient (Wildman–Crippen LogP) is 4.05. The standard InChI is InChI=1S/C20H23F3N4O.ClH/c21-20(22,23)14-4-2-5-15(9-14)27-18(12-7-8-12)16(11-25-27)19(28)26-17-6-1-3-13(17)10-24;/h2,4-5,9,11-13,17H,1,3,6-8,10,24H2,(H,26,28);1H. The summed E-state index contributed by atoms with van der Waals surface area (Å²) in [6.07, 6.45) is 1.78. The summed E-state index contributed by atoms with van der Waals surface area (Å²) in [6, 6.07) is 5.09. The van der Waals surface area contributed by atoms with Crippen molar-refractivity contribution in [1.29, 1.82) is 0 Å². The van der Waals surface area contributed by atoms with E-state index in [0.717, 1.165) is 44.2 Å². The number of hydrogen-bond acceptors (Lipinski definition) is 3. The lowest BCUT2D eigenvalue weighted by molar-refractivity contribution is -0.137. The molecule has 2 aliphatic rings. The maximum Gasteiger partial charge on any atom is 0.416 e. The number of carbonyl (C=O) groups excluding carboxylic acids is 1. The van der Waals surface area contributed by atoms with Crippen LogP contribution in [-0.4, -0.2) is 28.3 Å². The summed E-state index contributed by atoms with van der Waals surface area (Å²) in [5.74, 6) is 0.198. The number of benzene rings is 1. The summed E-state index contributed by atoms with van der Waals surface area (Å²) in [6.45, 7) is 0.532. The second-order valence-corrected chi connectivity index (χ2v) is 7.68.